The summed E-state index contributed by atoms with van der Waals surface area (Å²) in [5.41, 5.74) is 0.625. The Balaban J connectivity index is 1.89. The maximum atomic E-state index is 12.0. The van der Waals surface area contributed by atoms with Crippen LogP contribution in [0.2, 0.25) is 0 Å². The van der Waals surface area contributed by atoms with Crippen molar-refractivity contribution in [3.63, 3.8) is 0 Å². The van der Waals surface area contributed by atoms with E-state index >= 15 is 0 Å². The van der Waals surface area contributed by atoms with E-state index in [0.717, 1.165) is 25.0 Å². The topological polar surface area (TPSA) is 47.3 Å². The Morgan fingerprint density at radius 2 is 2.13 bits per heavy atom. The van der Waals surface area contributed by atoms with Crippen molar-refractivity contribution in [2.75, 3.05) is 0 Å². The Hall–Kier alpha value is -1.38. The Bertz CT molecular complexity index is 426. The van der Waals surface area contributed by atoms with Crippen LogP contribution in [0.4, 0.5) is 0 Å². The predicted molar refractivity (Wildman–Crippen MR) is 52.6 cm³/mol. The molecular weight excluding hydrogens is 192 g/mol. The number of hydrogen-bond acceptors (Lipinski definition) is 3. The Labute approximate surface area is 87.5 Å². The first-order valence-electron chi connectivity index (χ1n) is 5.41. The lowest BCUT2D eigenvalue weighted by molar-refractivity contribution is -0.122. The second-order valence-electron chi connectivity index (χ2n) is 4.39. The number of fused-ring (bicyclic) bond motifs is 1. The Morgan fingerprint density at radius 3 is 2.87 bits per heavy atom. The molecule has 3 nitrogen and oxygen atoms in total. The third kappa shape index (κ3) is 1.34. The van der Waals surface area contributed by atoms with Gasteiger partial charge < -0.3 is 4.42 Å². The van der Waals surface area contributed by atoms with Gasteiger partial charge in [-0.25, -0.2) is 0 Å². The second kappa shape index (κ2) is 3.05. The van der Waals surface area contributed by atoms with Crippen molar-refractivity contribution < 1.29 is 14.0 Å². The van der Waals surface area contributed by atoms with E-state index in [1.54, 1.807) is 6.07 Å². The average Bonchev–Trinajstić information content (AvgIpc) is 2.97. The summed E-state index contributed by atoms with van der Waals surface area (Å²) in [7, 11) is 0. The number of ketones is 2. The summed E-state index contributed by atoms with van der Waals surface area (Å²) in [6, 6.07) is 1.68. The minimum Gasteiger partial charge on any atom is -0.469 e. The van der Waals surface area contributed by atoms with Crippen LogP contribution in [0, 0.1) is 11.8 Å². The fourth-order valence-electron chi connectivity index (χ4n) is 2.27. The van der Waals surface area contributed by atoms with Gasteiger partial charge in [-0.15, -0.1) is 0 Å². The Morgan fingerprint density at radius 1 is 1.33 bits per heavy atom. The number of furan rings is 1. The molecule has 1 heterocycles. The van der Waals surface area contributed by atoms with E-state index in [9.17, 15) is 9.59 Å². The number of carbonyl (C=O) groups excluding carboxylic acids is 2. The van der Waals surface area contributed by atoms with E-state index in [2.05, 4.69) is 0 Å². The van der Waals surface area contributed by atoms with Gasteiger partial charge in [0.05, 0.1) is 17.7 Å². The van der Waals surface area contributed by atoms with Gasteiger partial charge in [0.25, 0.3) is 0 Å². The van der Waals surface area contributed by atoms with Crippen LogP contribution in [-0.2, 0) is 11.2 Å². The molecule has 3 rings (SSSR count). The van der Waals surface area contributed by atoms with E-state index in [-0.39, 0.29) is 23.4 Å². The lowest BCUT2D eigenvalue weighted by atomic mass is 9.82. The molecule has 15 heavy (non-hydrogen) atoms. The van der Waals surface area contributed by atoms with E-state index in [0.29, 0.717) is 12.0 Å². The van der Waals surface area contributed by atoms with Gasteiger partial charge in [0.15, 0.2) is 5.78 Å². The fraction of sp³-hybridized carbons (Fsp3) is 0.500. The molecule has 1 aromatic rings. The van der Waals surface area contributed by atoms with Crippen LogP contribution < -0.4 is 0 Å². The quantitative estimate of drug-likeness (QED) is 0.692. The zero-order valence-electron chi connectivity index (χ0n) is 8.36. The monoisotopic (exact) mass is 204 g/mol. The normalized spacial score (nSPS) is 25.1. The minimum absolute atomic E-state index is 0.0260. The molecule has 0 amide bonds. The lowest BCUT2D eigenvalue weighted by Gasteiger charge is -2.18. The first-order chi connectivity index (χ1) is 7.27. The van der Waals surface area contributed by atoms with Crippen molar-refractivity contribution in [3.8, 4) is 0 Å². The zero-order chi connectivity index (χ0) is 10.4. The van der Waals surface area contributed by atoms with Crippen LogP contribution in [0.15, 0.2) is 16.7 Å². The molecule has 0 aromatic carbocycles. The molecule has 78 valence electrons. The number of hydrogen-bond donors (Lipinski definition) is 0. The zero-order valence-corrected chi connectivity index (χ0v) is 8.36. The number of carbonyl (C=O) groups is 2. The summed E-state index contributed by atoms with van der Waals surface area (Å²) in [6.07, 6.45) is 4.83. The van der Waals surface area contributed by atoms with Crippen molar-refractivity contribution in [1.29, 1.82) is 0 Å². The molecule has 1 aromatic heterocycles. The van der Waals surface area contributed by atoms with Crippen LogP contribution in [0.3, 0.4) is 0 Å². The fourth-order valence-corrected chi connectivity index (χ4v) is 2.27. The minimum atomic E-state index is -0.386. The van der Waals surface area contributed by atoms with Crippen molar-refractivity contribution in [3.05, 3.63) is 23.7 Å². The van der Waals surface area contributed by atoms with Gasteiger partial charge in [0.1, 0.15) is 11.5 Å². The average molecular weight is 204 g/mol. The van der Waals surface area contributed by atoms with Crippen LogP contribution in [-0.4, -0.2) is 11.6 Å². The summed E-state index contributed by atoms with van der Waals surface area (Å²) in [6.45, 7) is 0. The first-order valence-corrected chi connectivity index (χ1v) is 5.41. The highest BCUT2D eigenvalue weighted by molar-refractivity contribution is 6.12. The van der Waals surface area contributed by atoms with Crippen molar-refractivity contribution in [2.24, 2.45) is 11.8 Å². The highest BCUT2D eigenvalue weighted by Gasteiger charge is 2.41. The molecule has 0 bridgehead atoms. The number of aryl methyl sites for hydroxylation is 1. The SMILES string of the molecule is O=C1c2ccoc2CCC1C(=O)C1CC1. The standard InChI is InChI=1S/C12H12O3/c13-11(7-1-2-7)9-3-4-10-8(12(9)14)5-6-15-10/h5-7,9H,1-4H2. The van der Waals surface area contributed by atoms with Gasteiger partial charge in [-0.3, -0.25) is 9.59 Å². The number of Topliss-reactive ketones (excluding diaryl/α,β-unsaturated/α-hetero) is 2. The van der Waals surface area contributed by atoms with Crippen molar-refractivity contribution in [2.45, 2.75) is 25.7 Å². The molecule has 1 saturated carbocycles. The molecule has 0 radical (unpaired) electrons. The maximum Gasteiger partial charge on any atom is 0.176 e. The lowest BCUT2D eigenvalue weighted by Crippen LogP contribution is -2.29. The van der Waals surface area contributed by atoms with Crippen LogP contribution in [0.5, 0.6) is 0 Å². The Kier molecular flexibility index (Phi) is 1.81. The first kappa shape index (κ1) is 8.89. The molecule has 0 saturated heterocycles. The molecule has 2 aliphatic rings. The summed E-state index contributed by atoms with van der Waals surface area (Å²) in [5.74, 6) is 0.670. The molecule has 0 aliphatic heterocycles. The van der Waals surface area contributed by atoms with Gasteiger partial charge in [0.2, 0.25) is 0 Å². The summed E-state index contributed by atoms with van der Waals surface area (Å²) >= 11 is 0. The second-order valence-corrected chi connectivity index (χ2v) is 4.39. The van der Waals surface area contributed by atoms with Crippen LogP contribution >= 0.6 is 0 Å². The largest absolute Gasteiger partial charge is 0.469 e. The van der Waals surface area contributed by atoms with Crippen LogP contribution in [0.1, 0.15) is 35.4 Å². The molecule has 1 atom stereocenters. The predicted octanol–water partition coefficient (Wildman–Crippen LogP) is 2.00. The maximum absolute atomic E-state index is 12.0. The van der Waals surface area contributed by atoms with Crippen molar-refractivity contribution >= 4 is 11.6 Å². The van der Waals surface area contributed by atoms with E-state index in [1.165, 1.54) is 6.26 Å². The highest BCUT2D eigenvalue weighted by Crippen LogP contribution is 2.36. The van der Waals surface area contributed by atoms with E-state index in [4.69, 9.17) is 4.42 Å². The van der Waals surface area contributed by atoms with Gasteiger partial charge >= 0.3 is 0 Å². The third-order valence-electron chi connectivity index (χ3n) is 3.31. The molecular formula is C12H12O3. The van der Waals surface area contributed by atoms with E-state index < -0.39 is 0 Å². The molecule has 0 spiro atoms. The number of rotatable bonds is 2. The summed E-state index contributed by atoms with van der Waals surface area (Å²) < 4.78 is 5.20. The summed E-state index contributed by atoms with van der Waals surface area (Å²) in [5, 5.41) is 0. The van der Waals surface area contributed by atoms with Gasteiger partial charge in [0, 0.05) is 12.3 Å². The molecule has 1 unspecified atom stereocenters. The summed E-state index contributed by atoms with van der Waals surface area (Å²) in [4.78, 5) is 23.8. The van der Waals surface area contributed by atoms with Gasteiger partial charge in [-0.05, 0) is 25.3 Å². The van der Waals surface area contributed by atoms with Gasteiger partial charge in [-0.2, -0.15) is 0 Å². The molecule has 2 aliphatic carbocycles. The molecule has 3 heteroatoms. The highest BCUT2D eigenvalue weighted by atomic mass is 16.3. The van der Waals surface area contributed by atoms with Crippen molar-refractivity contribution in [1.82, 2.24) is 0 Å². The third-order valence-corrected chi connectivity index (χ3v) is 3.31. The van der Waals surface area contributed by atoms with E-state index in [1.807, 2.05) is 0 Å². The van der Waals surface area contributed by atoms with Gasteiger partial charge in [-0.1, -0.05) is 0 Å². The van der Waals surface area contributed by atoms with Crippen LogP contribution in [0.25, 0.3) is 0 Å². The molecule has 0 N–H and O–H groups in total. The smallest absolute Gasteiger partial charge is 0.176 e. The molecule has 1 fully saturated rings.